The lowest BCUT2D eigenvalue weighted by molar-refractivity contribution is -0.385. The zero-order chi connectivity index (χ0) is 26.4. The highest BCUT2D eigenvalue weighted by molar-refractivity contribution is 5.83. The predicted molar refractivity (Wildman–Crippen MR) is 140 cm³/mol. The number of nitrogens with zero attached hydrogens (tertiary/aromatic N) is 4. The van der Waals surface area contributed by atoms with Crippen molar-refractivity contribution < 1.29 is 14.8 Å². The average Bonchev–Trinajstić information content (AvgIpc) is 3.37. The second-order valence-electron chi connectivity index (χ2n) is 11.9. The molecule has 1 amide bonds. The fourth-order valence-electron chi connectivity index (χ4n) is 8.00. The monoisotopic (exact) mass is 515 g/mol. The Bertz CT molecular complexity index is 1250. The molecule has 0 radical (unpaired) electrons. The molecular formula is C29H33N5O4. The van der Waals surface area contributed by atoms with Crippen molar-refractivity contribution in [1.29, 1.82) is 5.26 Å². The number of carbonyl (C=O) groups excluding carboxylic acids is 1. The number of nitriles is 1. The van der Waals surface area contributed by atoms with Crippen LogP contribution < -0.4 is 5.32 Å². The molecule has 1 aliphatic heterocycles. The number of nitro groups is 1. The number of pyridine rings is 1. The van der Waals surface area contributed by atoms with E-state index in [-0.39, 0.29) is 22.9 Å². The van der Waals surface area contributed by atoms with Gasteiger partial charge < -0.3 is 10.0 Å². The van der Waals surface area contributed by atoms with Crippen LogP contribution in [0.25, 0.3) is 11.3 Å². The van der Waals surface area contributed by atoms with Crippen LogP contribution in [0.5, 0.6) is 5.75 Å². The third-order valence-electron chi connectivity index (χ3n) is 9.27. The highest BCUT2D eigenvalue weighted by atomic mass is 16.6. The largest absolute Gasteiger partial charge is 0.508 e. The van der Waals surface area contributed by atoms with Crippen LogP contribution >= 0.6 is 0 Å². The van der Waals surface area contributed by atoms with Crippen LogP contribution in [0.2, 0.25) is 0 Å². The van der Waals surface area contributed by atoms with Gasteiger partial charge in [-0.2, -0.15) is 5.26 Å². The molecule has 2 atom stereocenters. The van der Waals surface area contributed by atoms with E-state index in [1.165, 1.54) is 31.5 Å². The molecule has 1 aromatic heterocycles. The molecule has 4 bridgehead atoms. The Morgan fingerprint density at radius 2 is 1.92 bits per heavy atom. The minimum absolute atomic E-state index is 0.0465. The lowest BCUT2D eigenvalue weighted by atomic mass is 9.53. The second kappa shape index (κ2) is 9.66. The minimum atomic E-state index is -0.519. The van der Waals surface area contributed by atoms with Gasteiger partial charge in [-0.1, -0.05) is 12.1 Å². The number of aromatic nitrogens is 1. The van der Waals surface area contributed by atoms with Gasteiger partial charge >= 0.3 is 0 Å². The number of hydrogen-bond donors (Lipinski definition) is 2. The zero-order valence-electron chi connectivity index (χ0n) is 21.4. The maximum Gasteiger partial charge on any atom is 0.287 e. The van der Waals surface area contributed by atoms with Crippen molar-refractivity contribution in [3.05, 3.63) is 52.2 Å². The fourth-order valence-corrected chi connectivity index (χ4v) is 8.00. The number of rotatable bonds is 7. The van der Waals surface area contributed by atoms with Gasteiger partial charge in [-0.05, 0) is 86.8 Å². The maximum absolute atomic E-state index is 13.9. The quantitative estimate of drug-likeness (QED) is 0.414. The van der Waals surface area contributed by atoms with E-state index >= 15 is 0 Å². The summed E-state index contributed by atoms with van der Waals surface area (Å²) in [5.74, 6) is 2.19. The summed E-state index contributed by atoms with van der Waals surface area (Å²) in [5.41, 5.74) is 1.67. The summed E-state index contributed by atoms with van der Waals surface area (Å²) in [4.78, 5) is 30.2. The van der Waals surface area contributed by atoms with Gasteiger partial charge in [-0.15, -0.1) is 0 Å². The number of nitrogens with one attached hydrogen (secondary N) is 1. The summed E-state index contributed by atoms with van der Waals surface area (Å²) in [7, 11) is 0. The first-order chi connectivity index (χ1) is 18.3. The van der Waals surface area contributed by atoms with Crippen LogP contribution in [-0.2, 0) is 11.2 Å². The van der Waals surface area contributed by atoms with Crippen molar-refractivity contribution in [2.24, 2.45) is 17.8 Å². The molecule has 2 N–H and O–H groups in total. The topological polar surface area (TPSA) is 132 Å². The van der Waals surface area contributed by atoms with Crippen molar-refractivity contribution in [3.63, 3.8) is 0 Å². The summed E-state index contributed by atoms with van der Waals surface area (Å²) in [6.07, 6.45) is 10.3. The summed E-state index contributed by atoms with van der Waals surface area (Å²) in [5, 5.41) is 35.4. The van der Waals surface area contributed by atoms with E-state index in [9.17, 15) is 25.3 Å². The highest BCUT2D eigenvalue weighted by Crippen LogP contribution is 2.55. The molecule has 9 nitrogen and oxygen atoms in total. The Morgan fingerprint density at radius 3 is 2.50 bits per heavy atom. The van der Waals surface area contributed by atoms with Crippen LogP contribution in [0.3, 0.4) is 0 Å². The highest BCUT2D eigenvalue weighted by Gasteiger charge is 2.52. The molecule has 1 saturated heterocycles. The Kier molecular flexibility index (Phi) is 6.31. The standard InChI is InChI=1S/C29H33N5O4/c30-16-23-2-1-7-33(23)28(36)26(32-29-13-18-8-19(14-29)10-20(9-18)15-29)11-22-4-3-21(12-27(22)35)25-6-5-24(17-31-25)34(37)38/h3-6,12,17-20,23,26,32,35H,1-2,7-11,13-15H2. The van der Waals surface area contributed by atoms with Gasteiger partial charge in [0, 0.05) is 30.1 Å². The van der Waals surface area contributed by atoms with Crippen molar-refractivity contribution in [2.45, 2.75) is 75.4 Å². The van der Waals surface area contributed by atoms with Gasteiger partial charge in [0.05, 0.1) is 22.7 Å². The van der Waals surface area contributed by atoms with E-state index < -0.39 is 17.0 Å². The molecule has 38 heavy (non-hydrogen) atoms. The summed E-state index contributed by atoms with van der Waals surface area (Å²) in [6.45, 7) is 0.590. The SMILES string of the molecule is N#CC1CCCN1C(=O)C(Cc1ccc(-c2ccc([N+](=O)[O-])cn2)cc1O)NC12CC3CC(CC(C3)C1)C2. The normalized spacial score (nSPS) is 30.2. The third-order valence-corrected chi connectivity index (χ3v) is 9.27. The molecule has 198 valence electrons. The van der Waals surface area contributed by atoms with Crippen LogP contribution in [0.1, 0.15) is 56.9 Å². The average molecular weight is 516 g/mol. The van der Waals surface area contributed by atoms with Gasteiger partial charge in [0.25, 0.3) is 5.69 Å². The van der Waals surface area contributed by atoms with Crippen molar-refractivity contribution in [3.8, 4) is 23.1 Å². The van der Waals surface area contributed by atoms with Crippen molar-refractivity contribution in [1.82, 2.24) is 15.2 Å². The van der Waals surface area contributed by atoms with Crippen molar-refractivity contribution in [2.75, 3.05) is 6.54 Å². The molecule has 5 fully saturated rings. The third kappa shape index (κ3) is 4.62. The Labute approximate surface area is 222 Å². The number of carbonyl (C=O) groups is 1. The number of aromatic hydroxyl groups is 1. The van der Waals surface area contributed by atoms with Crippen LogP contribution in [0.15, 0.2) is 36.5 Å². The van der Waals surface area contributed by atoms with Gasteiger partial charge in [0.1, 0.15) is 18.0 Å². The van der Waals surface area contributed by atoms with Gasteiger partial charge in [0.15, 0.2) is 0 Å². The Hall–Kier alpha value is -3.51. The molecule has 2 aromatic rings. The number of phenols is 1. The van der Waals surface area contributed by atoms with E-state index in [4.69, 9.17) is 0 Å². The lowest BCUT2D eigenvalue weighted by Gasteiger charge is -2.58. The smallest absolute Gasteiger partial charge is 0.287 e. The molecular weight excluding hydrogens is 482 g/mol. The predicted octanol–water partition coefficient (Wildman–Crippen LogP) is 4.35. The molecule has 0 spiro atoms. The first-order valence-corrected chi connectivity index (χ1v) is 13.7. The molecule has 9 heteroatoms. The van der Waals surface area contributed by atoms with Crippen LogP contribution in [0.4, 0.5) is 5.69 Å². The number of amides is 1. The molecule has 5 aliphatic rings. The van der Waals surface area contributed by atoms with E-state index in [0.29, 0.717) is 36.2 Å². The molecule has 4 aliphatic carbocycles. The van der Waals surface area contributed by atoms with Crippen LogP contribution in [0, 0.1) is 39.2 Å². The van der Waals surface area contributed by atoms with Crippen LogP contribution in [-0.4, -0.2) is 50.0 Å². The Balaban J connectivity index is 1.26. The number of hydrogen-bond acceptors (Lipinski definition) is 7. The molecule has 2 unspecified atom stereocenters. The number of likely N-dealkylation sites (tertiary alicyclic amines) is 1. The van der Waals surface area contributed by atoms with Gasteiger partial charge in [0.2, 0.25) is 5.91 Å². The molecule has 7 rings (SSSR count). The first-order valence-electron chi connectivity index (χ1n) is 13.7. The lowest BCUT2D eigenvalue weighted by Crippen LogP contribution is -2.64. The number of phenolic OH excluding ortho intramolecular Hbond substituents is 1. The summed E-state index contributed by atoms with van der Waals surface area (Å²) >= 11 is 0. The Morgan fingerprint density at radius 1 is 1.21 bits per heavy atom. The maximum atomic E-state index is 13.9. The van der Waals surface area contributed by atoms with Crippen molar-refractivity contribution >= 4 is 11.6 Å². The summed E-state index contributed by atoms with van der Waals surface area (Å²) in [6, 6.07) is 9.56. The van der Waals surface area contributed by atoms with E-state index in [1.807, 2.05) is 6.07 Å². The fraction of sp³-hybridized carbons (Fsp3) is 0.552. The van der Waals surface area contributed by atoms with E-state index in [1.54, 1.807) is 23.1 Å². The molecule has 2 heterocycles. The molecule has 1 aromatic carbocycles. The molecule has 4 saturated carbocycles. The number of benzene rings is 1. The minimum Gasteiger partial charge on any atom is -0.508 e. The first kappa shape index (κ1) is 24.8. The van der Waals surface area contributed by atoms with Gasteiger partial charge in [-0.25, -0.2) is 4.98 Å². The summed E-state index contributed by atoms with van der Waals surface area (Å²) < 4.78 is 0. The zero-order valence-corrected chi connectivity index (χ0v) is 21.4. The second-order valence-corrected chi connectivity index (χ2v) is 11.9. The van der Waals surface area contributed by atoms with Gasteiger partial charge in [-0.3, -0.25) is 20.2 Å². The van der Waals surface area contributed by atoms with E-state index in [2.05, 4.69) is 16.4 Å². The van der Waals surface area contributed by atoms with E-state index in [0.717, 1.165) is 43.4 Å².